The zero-order chi connectivity index (χ0) is 16.4. The van der Waals surface area contributed by atoms with Crippen molar-refractivity contribution in [1.82, 2.24) is 4.90 Å². The SMILES string of the molecule is CN(C(=O)OC(C)(C)C)C(C=O)c1c(F)ccc(F)c1F. The molecule has 0 heterocycles. The number of halogens is 3. The predicted octanol–water partition coefficient (Wildman–Crippen LogP) is 3.21. The summed E-state index contributed by atoms with van der Waals surface area (Å²) in [6, 6.07) is -0.341. The van der Waals surface area contributed by atoms with Crippen LogP contribution in [0, 0.1) is 17.5 Å². The minimum Gasteiger partial charge on any atom is -0.444 e. The summed E-state index contributed by atoms with van der Waals surface area (Å²) < 4.78 is 45.6. The van der Waals surface area contributed by atoms with Crippen LogP contribution in [0.3, 0.4) is 0 Å². The van der Waals surface area contributed by atoms with Gasteiger partial charge >= 0.3 is 6.09 Å². The maximum absolute atomic E-state index is 13.7. The molecule has 21 heavy (non-hydrogen) atoms. The van der Waals surface area contributed by atoms with Gasteiger partial charge in [-0.05, 0) is 32.9 Å². The highest BCUT2D eigenvalue weighted by atomic mass is 19.2. The molecule has 1 atom stereocenters. The number of hydrogen-bond acceptors (Lipinski definition) is 3. The second-order valence-electron chi connectivity index (χ2n) is 5.43. The van der Waals surface area contributed by atoms with E-state index >= 15 is 0 Å². The monoisotopic (exact) mass is 303 g/mol. The first kappa shape index (κ1) is 17.0. The fourth-order valence-corrected chi connectivity index (χ4v) is 1.61. The fourth-order valence-electron chi connectivity index (χ4n) is 1.61. The number of carbonyl (C=O) groups excluding carboxylic acids is 2. The zero-order valence-corrected chi connectivity index (χ0v) is 12.1. The van der Waals surface area contributed by atoms with Crippen LogP contribution >= 0.6 is 0 Å². The largest absolute Gasteiger partial charge is 0.444 e. The third-order valence-corrected chi connectivity index (χ3v) is 2.60. The van der Waals surface area contributed by atoms with Crippen LogP contribution in [0.15, 0.2) is 12.1 Å². The molecule has 4 nitrogen and oxygen atoms in total. The Morgan fingerprint density at radius 3 is 2.24 bits per heavy atom. The first-order valence-electron chi connectivity index (χ1n) is 6.13. The van der Waals surface area contributed by atoms with Crippen LogP contribution in [0.2, 0.25) is 0 Å². The van der Waals surface area contributed by atoms with Crippen molar-refractivity contribution in [3.63, 3.8) is 0 Å². The van der Waals surface area contributed by atoms with Crippen molar-refractivity contribution < 1.29 is 27.5 Å². The van der Waals surface area contributed by atoms with Crippen LogP contribution in [0.25, 0.3) is 0 Å². The molecular formula is C14H16F3NO3. The van der Waals surface area contributed by atoms with E-state index in [4.69, 9.17) is 4.74 Å². The molecule has 0 aromatic heterocycles. The summed E-state index contributed by atoms with van der Waals surface area (Å²) in [7, 11) is 1.14. The number of aldehydes is 1. The summed E-state index contributed by atoms with van der Waals surface area (Å²) >= 11 is 0. The molecule has 1 aromatic rings. The van der Waals surface area contributed by atoms with Gasteiger partial charge in [0.15, 0.2) is 11.6 Å². The molecule has 0 radical (unpaired) electrons. The molecule has 0 aliphatic rings. The van der Waals surface area contributed by atoms with Crippen LogP contribution in [0.4, 0.5) is 18.0 Å². The molecule has 116 valence electrons. The number of likely N-dealkylation sites (N-methyl/N-ethyl adjacent to an activating group) is 1. The quantitative estimate of drug-likeness (QED) is 0.636. The van der Waals surface area contributed by atoms with E-state index in [0.717, 1.165) is 7.05 Å². The Hall–Kier alpha value is -2.05. The first-order chi connectivity index (χ1) is 9.58. The van der Waals surface area contributed by atoms with Crippen molar-refractivity contribution in [3.8, 4) is 0 Å². The Bertz CT molecular complexity index is 555. The Labute approximate surface area is 120 Å². The third kappa shape index (κ3) is 3.96. The average Bonchev–Trinajstić information content (AvgIpc) is 2.36. The van der Waals surface area contributed by atoms with Crippen molar-refractivity contribution in [1.29, 1.82) is 0 Å². The van der Waals surface area contributed by atoms with Gasteiger partial charge in [0.25, 0.3) is 0 Å². The minimum absolute atomic E-state index is 0.144. The topological polar surface area (TPSA) is 46.6 Å². The van der Waals surface area contributed by atoms with Gasteiger partial charge in [-0.15, -0.1) is 0 Å². The highest BCUT2D eigenvalue weighted by Gasteiger charge is 2.31. The third-order valence-electron chi connectivity index (χ3n) is 2.60. The van der Waals surface area contributed by atoms with E-state index in [1.54, 1.807) is 20.8 Å². The van der Waals surface area contributed by atoms with E-state index < -0.39 is 40.8 Å². The van der Waals surface area contributed by atoms with Crippen LogP contribution in [-0.4, -0.2) is 29.9 Å². The van der Waals surface area contributed by atoms with E-state index in [1.807, 2.05) is 0 Å². The Kier molecular flexibility index (Phi) is 4.98. The molecule has 0 saturated carbocycles. The number of hydrogen-bond donors (Lipinski definition) is 0. The van der Waals surface area contributed by atoms with Gasteiger partial charge < -0.3 is 9.53 Å². The molecular weight excluding hydrogens is 287 g/mol. The maximum atomic E-state index is 13.7. The van der Waals surface area contributed by atoms with E-state index in [1.165, 1.54) is 0 Å². The average molecular weight is 303 g/mol. The summed E-state index contributed by atoms with van der Waals surface area (Å²) in [5.41, 5.74) is -1.68. The summed E-state index contributed by atoms with van der Waals surface area (Å²) in [5, 5.41) is 0. The number of benzene rings is 1. The van der Waals surface area contributed by atoms with Crippen LogP contribution in [-0.2, 0) is 9.53 Å². The van der Waals surface area contributed by atoms with Crippen molar-refractivity contribution >= 4 is 12.4 Å². The van der Waals surface area contributed by atoms with Gasteiger partial charge in [0.05, 0.1) is 5.56 Å². The molecule has 0 saturated heterocycles. The van der Waals surface area contributed by atoms with Crippen LogP contribution in [0.1, 0.15) is 32.4 Å². The molecule has 0 fully saturated rings. The maximum Gasteiger partial charge on any atom is 0.410 e. The van der Waals surface area contributed by atoms with Gasteiger partial charge in [-0.1, -0.05) is 0 Å². The molecule has 0 N–H and O–H groups in total. The van der Waals surface area contributed by atoms with Crippen LogP contribution in [0.5, 0.6) is 0 Å². The second-order valence-corrected chi connectivity index (χ2v) is 5.43. The summed E-state index contributed by atoms with van der Waals surface area (Å²) in [5.74, 6) is -3.94. The lowest BCUT2D eigenvalue weighted by molar-refractivity contribution is -0.112. The van der Waals surface area contributed by atoms with E-state index in [-0.39, 0.29) is 6.29 Å². The highest BCUT2D eigenvalue weighted by molar-refractivity contribution is 5.74. The van der Waals surface area contributed by atoms with Gasteiger partial charge in [0.1, 0.15) is 23.7 Å². The molecule has 0 aliphatic carbocycles. The molecule has 7 heteroatoms. The Balaban J connectivity index is 3.17. The van der Waals surface area contributed by atoms with Crippen molar-refractivity contribution in [2.75, 3.05) is 7.05 Å². The molecule has 0 spiro atoms. The zero-order valence-electron chi connectivity index (χ0n) is 12.1. The summed E-state index contributed by atoms with van der Waals surface area (Å²) in [6.45, 7) is 4.79. The summed E-state index contributed by atoms with van der Waals surface area (Å²) in [6.07, 6.45) is -0.812. The van der Waals surface area contributed by atoms with Crippen molar-refractivity contribution in [3.05, 3.63) is 35.1 Å². The van der Waals surface area contributed by atoms with E-state index in [2.05, 4.69) is 0 Å². The van der Waals surface area contributed by atoms with Crippen molar-refractivity contribution in [2.24, 2.45) is 0 Å². The van der Waals surface area contributed by atoms with Crippen LogP contribution < -0.4 is 0 Å². The minimum atomic E-state index is -1.63. The molecule has 1 amide bonds. The van der Waals surface area contributed by atoms with Gasteiger partial charge in [-0.25, -0.2) is 18.0 Å². The number of rotatable bonds is 3. The molecule has 1 rings (SSSR count). The predicted molar refractivity (Wildman–Crippen MR) is 69.1 cm³/mol. The summed E-state index contributed by atoms with van der Waals surface area (Å²) in [4.78, 5) is 23.7. The standard InChI is InChI=1S/C14H16F3NO3/c1-14(2,3)21-13(20)18(4)10(7-19)11-8(15)5-6-9(16)12(11)17/h5-7,10H,1-4H3. The highest BCUT2D eigenvalue weighted by Crippen LogP contribution is 2.26. The lowest BCUT2D eigenvalue weighted by atomic mass is 10.1. The smallest absolute Gasteiger partial charge is 0.410 e. The molecule has 1 unspecified atom stereocenters. The molecule has 0 bridgehead atoms. The lowest BCUT2D eigenvalue weighted by Gasteiger charge is -2.28. The normalized spacial score (nSPS) is 12.7. The van der Waals surface area contributed by atoms with Gasteiger partial charge in [-0.3, -0.25) is 4.90 Å². The number of ether oxygens (including phenoxy) is 1. The lowest BCUT2D eigenvalue weighted by Crippen LogP contribution is -2.38. The molecule has 0 aliphatic heterocycles. The number of nitrogens with zero attached hydrogens (tertiary/aromatic N) is 1. The van der Waals surface area contributed by atoms with Gasteiger partial charge in [0.2, 0.25) is 0 Å². The van der Waals surface area contributed by atoms with Crippen molar-refractivity contribution in [2.45, 2.75) is 32.4 Å². The van der Waals surface area contributed by atoms with Gasteiger partial charge in [-0.2, -0.15) is 0 Å². The number of carbonyl (C=O) groups is 2. The second kappa shape index (κ2) is 6.15. The Morgan fingerprint density at radius 2 is 1.76 bits per heavy atom. The van der Waals surface area contributed by atoms with E-state index in [9.17, 15) is 22.8 Å². The fraction of sp³-hybridized carbons (Fsp3) is 0.429. The van der Waals surface area contributed by atoms with Gasteiger partial charge in [0, 0.05) is 7.05 Å². The first-order valence-corrected chi connectivity index (χ1v) is 6.13. The Morgan fingerprint density at radius 1 is 1.24 bits per heavy atom. The molecule has 1 aromatic carbocycles. The van der Waals surface area contributed by atoms with E-state index in [0.29, 0.717) is 17.0 Å². The number of amides is 1.